The summed E-state index contributed by atoms with van der Waals surface area (Å²) in [6.07, 6.45) is 5.58. The average molecular weight is 229 g/mol. The normalized spacial score (nSPS) is 17.4. The molecule has 1 saturated heterocycles. The summed E-state index contributed by atoms with van der Waals surface area (Å²) in [4.78, 5) is 19.0. The SMILES string of the molecule is O=c1[nH]c(C2CCNCC2)cc2cnccc12. The maximum atomic E-state index is 11.9. The number of rotatable bonds is 1. The Morgan fingerprint density at radius 1 is 1.29 bits per heavy atom. The van der Waals surface area contributed by atoms with Crippen molar-refractivity contribution in [3.63, 3.8) is 0 Å². The summed E-state index contributed by atoms with van der Waals surface area (Å²) >= 11 is 0. The Morgan fingerprint density at radius 3 is 2.94 bits per heavy atom. The smallest absolute Gasteiger partial charge is 0.256 e. The van der Waals surface area contributed by atoms with Gasteiger partial charge in [-0.15, -0.1) is 0 Å². The summed E-state index contributed by atoms with van der Waals surface area (Å²) in [5.41, 5.74) is 1.05. The molecule has 0 spiro atoms. The molecule has 0 saturated carbocycles. The molecule has 3 rings (SSSR count). The maximum absolute atomic E-state index is 11.9. The lowest BCUT2D eigenvalue weighted by Gasteiger charge is -2.22. The van der Waals surface area contributed by atoms with Gasteiger partial charge in [0, 0.05) is 29.4 Å². The molecule has 1 aliphatic rings. The molecule has 3 heterocycles. The first-order valence-corrected chi connectivity index (χ1v) is 6.02. The highest BCUT2D eigenvalue weighted by Gasteiger charge is 2.16. The Balaban J connectivity index is 2.08. The second-order valence-electron chi connectivity index (χ2n) is 4.54. The molecule has 0 aliphatic carbocycles. The van der Waals surface area contributed by atoms with Crippen LogP contribution in [0.5, 0.6) is 0 Å². The van der Waals surface area contributed by atoms with Crippen LogP contribution in [-0.2, 0) is 0 Å². The number of aromatic nitrogens is 2. The zero-order valence-corrected chi connectivity index (χ0v) is 9.57. The molecule has 1 fully saturated rings. The minimum atomic E-state index is -0.00145. The van der Waals surface area contributed by atoms with E-state index in [0.29, 0.717) is 5.92 Å². The molecule has 4 nitrogen and oxygen atoms in total. The highest BCUT2D eigenvalue weighted by atomic mass is 16.1. The van der Waals surface area contributed by atoms with Crippen LogP contribution in [0.15, 0.2) is 29.3 Å². The molecule has 88 valence electrons. The van der Waals surface area contributed by atoms with E-state index in [2.05, 4.69) is 21.4 Å². The average Bonchev–Trinajstić information content (AvgIpc) is 2.40. The Morgan fingerprint density at radius 2 is 2.12 bits per heavy atom. The van der Waals surface area contributed by atoms with Gasteiger partial charge >= 0.3 is 0 Å². The minimum absolute atomic E-state index is 0.00145. The predicted octanol–water partition coefficient (Wildman–Crippen LogP) is 1.39. The Labute approximate surface area is 99.1 Å². The number of fused-ring (bicyclic) bond motifs is 1. The van der Waals surface area contributed by atoms with E-state index in [0.717, 1.165) is 42.4 Å². The second kappa shape index (κ2) is 4.30. The number of nitrogens with one attached hydrogen (secondary N) is 2. The number of nitrogens with zero attached hydrogens (tertiary/aromatic N) is 1. The first-order chi connectivity index (χ1) is 8.34. The summed E-state index contributed by atoms with van der Waals surface area (Å²) in [7, 11) is 0. The molecular weight excluding hydrogens is 214 g/mol. The standard InChI is InChI=1S/C13H15N3O/c17-13-11-3-6-15-8-10(11)7-12(16-13)9-1-4-14-5-2-9/h3,6-9,14H,1-2,4-5H2,(H,16,17). The fourth-order valence-electron chi connectivity index (χ4n) is 2.48. The van der Waals surface area contributed by atoms with Gasteiger partial charge in [-0.25, -0.2) is 0 Å². The fraction of sp³-hybridized carbons (Fsp3) is 0.385. The third-order valence-corrected chi connectivity index (χ3v) is 3.44. The zero-order chi connectivity index (χ0) is 11.7. The van der Waals surface area contributed by atoms with Crippen molar-refractivity contribution in [2.75, 3.05) is 13.1 Å². The lowest BCUT2D eigenvalue weighted by atomic mass is 9.93. The van der Waals surface area contributed by atoms with Gasteiger partial charge in [-0.3, -0.25) is 9.78 Å². The Hall–Kier alpha value is -1.68. The van der Waals surface area contributed by atoms with Crippen molar-refractivity contribution in [2.24, 2.45) is 0 Å². The van der Waals surface area contributed by atoms with E-state index in [1.807, 2.05) is 0 Å². The second-order valence-corrected chi connectivity index (χ2v) is 4.54. The molecule has 0 aromatic carbocycles. The number of pyridine rings is 2. The van der Waals surface area contributed by atoms with Crippen LogP contribution in [0, 0.1) is 0 Å². The largest absolute Gasteiger partial charge is 0.325 e. The van der Waals surface area contributed by atoms with Crippen molar-refractivity contribution < 1.29 is 0 Å². The fourth-order valence-corrected chi connectivity index (χ4v) is 2.48. The highest BCUT2D eigenvalue weighted by Crippen LogP contribution is 2.24. The molecule has 2 aromatic rings. The zero-order valence-electron chi connectivity index (χ0n) is 9.57. The van der Waals surface area contributed by atoms with Gasteiger partial charge in [0.1, 0.15) is 0 Å². The van der Waals surface area contributed by atoms with Crippen LogP contribution in [0.1, 0.15) is 24.5 Å². The molecular formula is C13H15N3O. The van der Waals surface area contributed by atoms with E-state index in [1.54, 1.807) is 18.5 Å². The number of piperidine rings is 1. The summed E-state index contributed by atoms with van der Waals surface area (Å²) in [5.74, 6) is 0.466. The number of hydrogen-bond donors (Lipinski definition) is 2. The Bertz CT molecular complexity index is 584. The van der Waals surface area contributed by atoms with Gasteiger partial charge in [0.2, 0.25) is 0 Å². The molecule has 0 bridgehead atoms. The molecule has 4 heteroatoms. The third-order valence-electron chi connectivity index (χ3n) is 3.44. The van der Waals surface area contributed by atoms with Gasteiger partial charge in [-0.05, 0) is 38.1 Å². The van der Waals surface area contributed by atoms with Crippen molar-refractivity contribution >= 4 is 10.8 Å². The lowest BCUT2D eigenvalue weighted by molar-refractivity contribution is 0.453. The maximum Gasteiger partial charge on any atom is 0.256 e. The molecule has 2 aromatic heterocycles. The van der Waals surface area contributed by atoms with Crippen molar-refractivity contribution in [3.05, 3.63) is 40.6 Å². The van der Waals surface area contributed by atoms with E-state index >= 15 is 0 Å². The van der Waals surface area contributed by atoms with Crippen LogP contribution < -0.4 is 10.9 Å². The predicted molar refractivity (Wildman–Crippen MR) is 67.2 cm³/mol. The van der Waals surface area contributed by atoms with E-state index < -0.39 is 0 Å². The van der Waals surface area contributed by atoms with E-state index in [1.165, 1.54) is 0 Å². The molecule has 0 atom stereocenters. The van der Waals surface area contributed by atoms with Crippen molar-refractivity contribution in [1.29, 1.82) is 0 Å². The molecule has 17 heavy (non-hydrogen) atoms. The number of H-pyrrole nitrogens is 1. The minimum Gasteiger partial charge on any atom is -0.325 e. The summed E-state index contributed by atoms with van der Waals surface area (Å²) in [5, 5.41) is 4.99. The first-order valence-electron chi connectivity index (χ1n) is 6.02. The summed E-state index contributed by atoms with van der Waals surface area (Å²) < 4.78 is 0. The lowest BCUT2D eigenvalue weighted by Crippen LogP contribution is -2.27. The topological polar surface area (TPSA) is 57.8 Å². The molecule has 0 radical (unpaired) electrons. The summed E-state index contributed by atoms with van der Waals surface area (Å²) in [6.45, 7) is 2.05. The van der Waals surface area contributed by atoms with Crippen LogP contribution in [0.4, 0.5) is 0 Å². The molecule has 0 amide bonds. The van der Waals surface area contributed by atoms with Crippen LogP contribution >= 0.6 is 0 Å². The third kappa shape index (κ3) is 1.96. The van der Waals surface area contributed by atoms with Gasteiger partial charge in [-0.2, -0.15) is 0 Å². The molecule has 1 aliphatic heterocycles. The molecule has 2 N–H and O–H groups in total. The van der Waals surface area contributed by atoms with Crippen LogP contribution in [0.3, 0.4) is 0 Å². The first kappa shape index (κ1) is 10.5. The Kier molecular flexibility index (Phi) is 2.65. The van der Waals surface area contributed by atoms with Gasteiger partial charge in [0.25, 0.3) is 5.56 Å². The number of aromatic amines is 1. The van der Waals surface area contributed by atoms with Gasteiger partial charge in [-0.1, -0.05) is 0 Å². The van der Waals surface area contributed by atoms with Gasteiger partial charge < -0.3 is 10.3 Å². The quantitative estimate of drug-likeness (QED) is 0.777. The van der Waals surface area contributed by atoms with Crippen LogP contribution in [0.2, 0.25) is 0 Å². The monoisotopic (exact) mass is 229 g/mol. The van der Waals surface area contributed by atoms with E-state index in [4.69, 9.17) is 0 Å². The van der Waals surface area contributed by atoms with Crippen molar-refractivity contribution in [3.8, 4) is 0 Å². The van der Waals surface area contributed by atoms with E-state index in [9.17, 15) is 4.79 Å². The number of hydrogen-bond acceptors (Lipinski definition) is 3. The molecule has 0 unspecified atom stereocenters. The van der Waals surface area contributed by atoms with Crippen LogP contribution in [0.25, 0.3) is 10.8 Å². The van der Waals surface area contributed by atoms with Crippen LogP contribution in [-0.4, -0.2) is 23.1 Å². The van der Waals surface area contributed by atoms with Crippen molar-refractivity contribution in [2.45, 2.75) is 18.8 Å². The van der Waals surface area contributed by atoms with E-state index in [-0.39, 0.29) is 5.56 Å². The summed E-state index contributed by atoms with van der Waals surface area (Å²) in [6, 6.07) is 3.83. The van der Waals surface area contributed by atoms with Gasteiger partial charge in [0.15, 0.2) is 0 Å². The van der Waals surface area contributed by atoms with Gasteiger partial charge in [0.05, 0.1) is 5.39 Å². The van der Waals surface area contributed by atoms with Crippen molar-refractivity contribution in [1.82, 2.24) is 15.3 Å². The highest BCUT2D eigenvalue weighted by molar-refractivity contribution is 5.80.